The number of carbonyl (C=O) groups excluding carboxylic acids is 1. The van der Waals surface area contributed by atoms with E-state index < -0.39 is 24.4 Å². The van der Waals surface area contributed by atoms with Crippen LogP contribution in [0.3, 0.4) is 0 Å². The molecule has 1 aliphatic rings. The lowest BCUT2D eigenvalue weighted by molar-refractivity contribution is -0.142. The van der Waals surface area contributed by atoms with E-state index in [9.17, 15) is 9.59 Å². The Morgan fingerprint density at radius 1 is 1.53 bits per heavy atom. The number of aliphatic carboxylic acids is 1. The third-order valence-corrected chi connectivity index (χ3v) is 2.04. The van der Waals surface area contributed by atoms with Crippen LogP contribution in [0.1, 0.15) is 6.42 Å². The molecule has 0 radical (unpaired) electrons. The number of carboxylic acid groups (broad SMARTS) is 1. The van der Waals surface area contributed by atoms with E-state index in [1.165, 1.54) is 6.08 Å². The van der Waals surface area contributed by atoms with Gasteiger partial charge in [0, 0.05) is 6.42 Å². The fourth-order valence-corrected chi connectivity index (χ4v) is 1.28. The molecule has 7 heteroatoms. The number of nitrogens with one attached hydrogen (secondary N) is 1. The van der Waals surface area contributed by atoms with Gasteiger partial charge in [0.25, 0.3) is 0 Å². The lowest BCUT2D eigenvalue weighted by Crippen LogP contribution is -2.43. The summed E-state index contributed by atoms with van der Waals surface area (Å²) in [5.74, 6) is -1.17. The van der Waals surface area contributed by atoms with Crippen LogP contribution in [0.15, 0.2) is 12.7 Å². The van der Waals surface area contributed by atoms with Gasteiger partial charge in [-0.15, -0.1) is 0 Å². The summed E-state index contributed by atoms with van der Waals surface area (Å²) in [5, 5.41) is 11.1. The maximum Gasteiger partial charge on any atom is 0.408 e. The first-order valence-electron chi connectivity index (χ1n) is 5.13. The maximum absolute atomic E-state index is 11.2. The van der Waals surface area contributed by atoms with Gasteiger partial charge in [0.05, 0.1) is 13.2 Å². The molecule has 1 amide bonds. The molecule has 1 atom stereocenters. The molecule has 7 nitrogen and oxygen atoms in total. The normalized spacial score (nSPS) is 17.4. The van der Waals surface area contributed by atoms with Crippen molar-refractivity contribution in [1.29, 1.82) is 0 Å². The molecule has 1 fully saturated rings. The zero-order valence-electron chi connectivity index (χ0n) is 9.26. The summed E-state index contributed by atoms with van der Waals surface area (Å²) in [6, 6.07) is -1.10. The Balaban J connectivity index is 2.39. The molecule has 0 aliphatic carbocycles. The SMILES string of the molecule is C=CCOC(=O)NC(CC1OCCO1)C(=O)O. The van der Waals surface area contributed by atoms with E-state index in [2.05, 4.69) is 16.6 Å². The second-order valence-electron chi connectivity index (χ2n) is 3.33. The van der Waals surface area contributed by atoms with Crippen LogP contribution in [0.2, 0.25) is 0 Å². The van der Waals surface area contributed by atoms with Gasteiger partial charge >= 0.3 is 12.1 Å². The average molecular weight is 245 g/mol. The fourth-order valence-electron chi connectivity index (χ4n) is 1.28. The summed E-state index contributed by atoms with van der Waals surface area (Å²) >= 11 is 0. The number of hydrogen-bond acceptors (Lipinski definition) is 5. The molecule has 0 bridgehead atoms. The Kier molecular flexibility index (Phi) is 5.44. The van der Waals surface area contributed by atoms with Crippen LogP contribution >= 0.6 is 0 Å². The second-order valence-corrected chi connectivity index (χ2v) is 3.33. The van der Waals surface area contributed by atoms with E-state index in [4.69, 9.17) is 14.6 Å². The maximum atomic E-state index is 11.2. The first kappa shape index (κ1) is 13.5. The lowest BCUT2D eigenvalue weighted by atomic mass is 10.2. The molecule has 1 saturated heterocycles. The van der Waals surface area contributed by atoms with Crippen LogP contribution in [-0.4, -0.2) is 49.3 Å². The molecule has 0 saturated carbocycles. The number of hydrogen-bond donors (Lipinski definition) is 2. The lowest BCUT2D eigenvalue weighted by Gasteiger charge is -2.17. The van der Waals surface area contributed by atoms with E-state index in [0.717, 1.165) is 0 Å². The van der Waals surface area contributed by atoms with Gasteiger partial charge in [-0.25, -0.2) is 9.59 Å². The summed E-state index contributed by atoms with van der Waals surface area (Å²) in [7, 11) is 0. The molecule has 2 N–H and O–H groups in total. The predicted molar refractivity (Wildman–Crippen MR) is 56.4 cm³/mol. The van der Waals surface area contributed by atoms with Crippen molar-refractivity contribution in [2.45, 2.75) is 18.8 Å². The summed E-state index contributed by atoms with van der Waals surface area (Å²) in [6.07, 6.45) is 0.0166. The van der Waals surface area contributed by atoms with Crippen LogP contribution in [0.4, 0.5) is 4.79 Å². The molecule has 1 heterocycles. The van der Waals surface area contributed by atoms with Crippen molar-refractivity contribution < 1.29 is 28.9 Å². The molecule has 96 valence electrons. The minimum Gasteiger partial charge on any atom is -0.480 e. The topological polar surface area (TPSA) is 94.1 Å². The Bertz CT molecular complexity index is 287. The summed E-state index contributed by atoms with van der Waals surface area (Å²) in [4.78, 5) is 22.1. The zero-order chi connectivity index (χ0) is 12.7. The van der Waals surface area contributed by atoms with Crippen LogP contribution in [-0.2, 0) is 19.0 Å². The molecule has 17 heavy (non-hydrogen) atoms. The highest BCUT2D eigenvalue weighted by molar-refractivity contribution is 5.79. The molecule has 0 aromatic carbocycles. The smallest absolute Gasteiger partial charge is 0.408 e. The molecule has 0 spiro atoms. The number of rotatable bonds is 6. The van der Waals surface area contributed by atoms with Gasteiger partial charge in [0.1, 0.15) is 12.6 Å². The average Bonchev–Trinajstić information content (AvgIpc) is 2.78. The van der Waals surface area contributed by atoms with E-state index in [1.807, 2.05) is 0 Å². The van der Waals surface area contributed by atoms with Gasteiger partial charge in [-0.1, -0.05) is 12.7 Å². The van der Waals surface area contributed by atoms with Crippen LogP contribution in [0.5, 0.6) is 0 Å². The van der Waals surface area contributed by atoms with Crippen LogP contribution in [0, 0.1) is 0 Å². The van der Waals surface area contributed by atoms with Gasteiger partial charge in [-0.3, -0.25) is 0 Å². The number of alkyl carbamates (subject to hydrolysis) is 1. The number of amides is 1. The highest BCUT2D eigenvalue weighted by Crippen LogP contribution is 2.10. The quantitative estimate of drug-likeness (QED) is 0.645. The number of carbonyl (C=O) groups is 2. The van der Waals surface area contributed by atoms with Crippen molar-refractivity contribution in [1.82, 2.24) is 5.32 Å². The Morgan fingerprint density at radius 3 is 2.71 bits per heavy atom. The van der Waals surface area contributed by atoms with Gasteiger partial charge in [0.15, 0.2) is 6.29 Å². The van der Waals surface area contributed by atoms with E-state index in [-0.39, 0.29) is 13.0 Å². The van der Waals surface area contributed by atoms with E-state index >= 15 is 0 Å². The van der Waals surface area contributed by atoms with E-state index in [0.29, 0.717) is 13.2 Å². The van der Waals surface area contributed by atoms with Crippen molar-refractivity contribution in [3.63, 3.8) is 0 Å². The third kappa shape index (κ3) is 4.83. The first-order valence-corrected chi connectivity index (χ1v) is 5.13. The van der Waals surface area contributed by atoms with Crippen molar-refractivity contribution in [2.24, 2.45) is 0 Å². The number of ether oxygens (including phenoxy) is 3. The van der Waals surface area contributed by atoms with Gasteiger partial charge < -0.3 is 24.6 Å². The van der Waals surface area contributed by atoms with Gasteiger partial charge in [0.2, 0.25) is 0 Å². The Hall–Kier alpha value is -1.60. The molecule has 1 rings (SSSR count). The van der Waals surface area contributed by atoms with Crippen molar-refractivity contribution >= 4 is 12.1 Å². The summed E-state index contributed by atoms with van der Waals surface area (Å²) < 4.78 is 14.8. The molecular weight excluding hydrogens is 230 g/mol. The third-order valence-electron chi connectivity index (χ3n) is 2.04. The molecule has 1 aliphatic heterocycles. The van der Waals surface area contributed by atoms with Crippen molar-refractivity contribution in [3.8, 4) is 0 Å². The monoisotopic (exact) mass is 245 g/mol. The minimum atomic E-state index is -1.17. The van der Waals surface area contributed by atoms with Gasteiger partial charge in [-0.05, 0) is 0 Å². The molecule has 0 aromatic heterocycles. The van der Waals surface area contributed by atoms with Crippen LogP contribution in [0.25, 0.3) is 0 Å². The largest absolute Gasteiger partial charge is 0.480 e. The fraction of sp³-hybridized carbons (Fsp3) is 0.600. The molecular formula is C10H15NO6. The van der Waals surface area contributed by atoms with Gasteiger partial charge in [-0.2, -0.15) is 0 Å². The highest BCUT2D eigenvalue weighted by atomic mass is 16.7. The molecule has 1 unspecified atom stereocenters. The van der Waals surface area contributed by atoms with Crippen molar-refractivity contribution in [3.05, 3.63) is 12.7 Å². The highest BCUT2D eigenvalue weighted by Gasteiger charge is 2.27. The summed E-state index contributed by atoms with van der Waals surface area (Å²) in [6.45, 7) is 4.25. The van der Waals surface area contributed by atoms with Crippen molar-refractivity contribution in [2.75, 3.05) is 19.8 Å². The zero-order valence-corrected chi connectivity index (χ0v) is 9.26. The Morgan fingerprint density at radius 2 is 2.18 bits per heavy atom. The number of carboxylic acids is 1. The molecule has 0 aromatic rings. The Labute approximate surface area is 98.3 Å². The second kappa shape index (κ2) is 6.87. The standard InChI is InChI=1S/C10H15NO6/c1-2-3-17-10(14)11-7(9(12)13)6-8-15-4-5-16-8/h2,7-8H,1,3-6H2,(H,11,14)(H,12,13). The van der Waals surface area contributed by atoms with Crippen LogP contribution < -0.4 is 5.32 Å². The van der Waals surface area contributed by atoms with E-state index in [1.54, 1.807) is 0 Å². The minimum absolute atomic E-state index is 0.0224. The predicted octanol–water partition coefficient (Wildman–Crippen LogP) is 0.115. The summed E-state index contributed by atoms with van der Waals surface area (Å²) in [5.41, 5.74) is 0. The first-order chi connectivity index (χ1) is 8.13.